The first-order valence-corrected chi connectivity index (χ1v) is 20.7. The maximum absolute atomic E-state index is 14.6. The number of methoxy groups -OCH3 is 4. The monoisotopic (exact) mass is 890 g/mol. The fourth-order valence-corrected chi connectivity index (χ4v) is 9.26. The molecule has 0 saturated heterocycles. The van der Waals surface area contributed by atoms with Gasteiger partial charge in [0, 0.05) is 64.3 Å². The smallest absolute Gasteiger partial charge is 0.348 e. The Kier molecular flexibility index (Phi) is 10.3. The highest BCUT2D eigenvalue weighted by atomic mass is 16.5. The summed E-state index contributed by atoms with van der Waals surface area (Å²) in [6.45, 7) is 2.82. The van der Waals surface area contributed by atoms with Crippen LogP contribution in [0.25, 0.3) is 22.1 Å². The lowest BCUT2D eigenvalue weighted by atomic mass is 9.88. The van der Waals surface area contributed by atoms with Crippen LogP contribution in [0.15, 0.2) is 76.8 Å². The zero-order chi connectivity index (χ0) is 46.3. The number of ether oxygens (including phenoxy) is 4. The quantitative estimate of drug-likeness (QED) is 0.180. The third-order valence-electron chi connectivity index (χ3n) is 12.6. The average molecular weight is 891 g/mol. The molecule has 3 aromatic carbocycles. The van der Waals surface area contributed by atoms with Gasteiger partial charge in [-0.2, -0.15) is 0 Å². The summed E-state index contributed by atoms with van der Waals surface area (Å²) >= 11 is 0. The maximum Gasteiger partial charge on any atom is 0.348 e. The molecule has 0 radical (unpaired) electrons. The summed E-state index contributed by atoms with van der Waals surface area (Å²) in [5, 5.41) is 10.8. The largest absolute Gasteiger partial charge is 0.507 e. The molecule has 0 unspecified atom stereocenters. The van der Waals surface area contributed by atoms with Crippen LogP contribution in [-0.4, -0.2) is 80.5 Å². The second-order valence-electron chi connectivity index (χ2n) is 16.1. The number of benzene rings is 3. The van der Waals surface area contributed by atoms with Gasteiger partial charge in [-0.05, 0) is 48.2 Å². The molecule has 338 valence electrons. The molecule has 65 heavy (non-hydrogen) atoms. The van der Waals surface area contributed by atoms with Crippen molar-refractivity contribution < 1.29 is 24.1 Å². The third kappa shape index (κ3) is 6.50. The summed E-state index contributed by atoms with van der Waals surface area (Å²) in [7, 11) is 9.12. The molecule has 0 fully saturated rings. The first-order chi connectivity index (χ1) is 31.1. The summed E-state index contributed by atoms with van der Waals surface area (Å²) in [5.41, 5.74) is 0.787. The molecule has 1 N–H and O–H groups in total. The van der Waals surface area contributed by atoms with Crippen molar-refractivity contribution in [3.05, 3.63) is 139 Å². The lowest BCUT2D eigenvalue weighted by Crippen LogP contribution is -2.47. The number of hydrogen-bond donors (Lipinski definition) is 1. The number of hydrogen-bond acceptors (Lipinski definition) is 13. The molecule has 6 heterocycles. The number of nitrogens with zero attached hydrogens (tertiary/aromatic N) is 10. The van der Waals surface area contributed by atoms with Crippen LogP contribution in [0, 0.1) is 13.8 Å². The van der Waals surface area contributed by atoms with Crippen LogP contribution in [0.1, 0.15) is 40.2 Å². The van der Waals surface area contributed by atoms with Crippen LogP contribution in [0.5, 0.6) is 28.7 Å². The molecule has 0 spiro atoms. The van der Waals surface area contributed by atoms with E-state index in [1.165, 1.54) is 56.3 Å². The van der Waals surface area contributed by atoms with Crippen molar-refractivity contribution in [2.45, 2.75) is 65.0 Å². The number of fused-ring (bicyclic) bond motifs is 6. The van der Waals surface area contributed by atoms with Crippen molar-refractivity contribution in [3.63, 3.8) is 0 Å². The Morgan fingerprint density at radius 2 is 1.06 bits per heavy atom. The van der Waals surface area contributed by atoms with Gasteiger partial charge in [0.2, 0.25) is 0 Å². The highest BCUT2D eigenvalue weighted by Gasteiger charge is 2.41. The van der Waals surface area contributed by atoms with Gasteiger partial charge in [0.15, 0.2) is 23.0 Å². The minimum Gasteiger partial charge on any atom is -0.507 e. The predicted molar refractivity (Wildman–Crippen MR) is 236 cm³/mol. The van der Waals surface area contributed by atoms with Crippen molar-refractivity contribution in [3.8, 4) is 28.7 Å². The number of rotatable bonds is 11. The van der Waals surface area contributed by atoms with Gasteiger partial charge < -0.3 is 33.2 Å². The van der Waals surface area contributed by atoms with Gasteiger partial charge in [-0.25, -0.2) is 57.0 Å². The van der Waals surface area contributed by atoms with E-state index in [2.05, 4.69) is 9.97 Å². The van der Waals surface area contributed by atoms with Crippen molar-refractivity contribution in [2.75, 3.05) is 28.4 Å². The second kappa shape index (κ2) is 15.7. The number of aromatic hydroxyl groups is 1. The number of phenolic OH excluding ortho intramolecular Hbond substituents is 1. The molecule has 0 aliphatic carbocycles. The number of phenols is 1. The standard InChI is InChI=1S/C44H46N10O11/c1-22-15-24(16-23(2)38(22)55)37-25-9-14-51-41(58)49(12-10-26-39(56)47(3)30-19-35(64-7)33(62-5)17-28(30)45-26)43(60)53(51)32(25)21-52-42(59)50(44(61)54(37)52)13-11-27-40(57)48(4)31-20-36(65-8)34(63-6)18-29(31)46-27/h9,15-20,32,37,55H,10-14,21H2,1-8H3/t32-,37+/m1/s1. The van der Waals surface area contributed by atoms with Crippen LogP contribution in [0.3, 0.4) is 0 Å². The molecule has 9 rings (SSSR count). The second-order valence-corrected chi connectivity index (χ2v) is 16.1. The lowest BCUT2D eigenvalue weighted by molar-refractivity contribution is 0.246. The van der Waals surface area contributed by atoms with E-state index in [0.29, 0.717) is 67.3 Å². The molecular weight excluding hydrogens is 845 g/mol. The molecule has 21 nitrogen and oxygen atoms in total. The van der Waals surface area contributed by atoms with Crippen molar-refractivity contribution in [1.29, 1.82) is 0 Å². The number of aryl methyl sites for hydroxylation is 6. The van der Waals surface area contributed by atoms with Crippen LogP contribution >= 0.6 is 0 Å². The summed E-state index contributed by atoms with van der Waals surface area (Å²) in [6, 6.07) is 8.17. The van der Waals surface area contributed by atoms with E-state index in [1.807, 2.05) is 0 Å². The Morgan fingerprint density at radius 1 is 0.615 bits per heavy atom. The van der Waals surface area contributed by atoms with E-state index >= 15 is 0 Å². The van der Waals surface area contributed by atoms with E-state index in [4.69, 9.17) is 18.9 Å². The molecule has 2 aliphatic heterocycles. The van der Waals surface area contributed by atoms with E-state index < -0.39 is 46.0 Å². The Bertz CT molecular complexity index is 3540. The first kappa shape index (κ1) is 42.5. The van der Waals surface area contributed by atoms with Gasteiger partial charge in [-0.15, -0.1) is 0 Å². The van der Waals surface area contributed by atoms with E-state index in [0.717, 1.165) is 9.13 Å². The summed E-state index contributed by atoms with van der Waals surface area (Å²) in [5.74, 6) is 1.72. The molecule has 21 heteroatoms. The number of aromatic nitrogens is 10. The van der Waals surface area contributed by atoms with Gasteiger partial charge in [-0.1, -0.05) is 6.08 Å². The average Bonchev–Trinajstić information content (AvgIpc) is 3.69. The SMILES string of the molecule is COc1cc2nc(CCn3c(=O)n4n(c3=O)[C@@H]3Cn5c(=O)n(CCc6nc7cc(OC)c(OC)cc7n(C)c6=O)c(=O)n5[C@@H](c5cc(C)c(O)c(C)c5)C3=CC4)c(=O)n(C)c2cc1OC. The Morgan fingerprint density at radius 3 is 1.54 bits per heavy atom. The van der Waals surface area contributed by atoms with Gasteiger partial charge >= 0.3 is 22.8 Å². The third-order valence-corrected chi connectivity index (χ3v) is 12.6. The number of allylic oxidation sites excluding steroid dienone is 2. The van der Waals surface area contributed by atoms with E-state index in [9.17, 15) is 33.9 Å². The van der Waals surface area contributed by atoms with Gasteiger partial charge in [-0.3, -0.25) is 9.59 Å². The summed E-state index contributed by atoms with van der Waals surface area (Å²) < 4.78 is 31.8. The topological polar surface area (TPSA) is 225 Å². The first-order valence-electron chi connectivity index (χ1n) is 20.7. The molecule has 0 amide bonds. The van der Waals surface area contributed by atoms with E-state index in [-0.39, 0.29) is 56.2 Å². The fourth-order valence-electron chi connectivity index (χ4n) is 9.26. The van der Waals surface area contributed by atoms with Gasteiger partial charge in [0.1, 0.15) is 23.2 Å². The fraction of sp³-hybridized carbons (Fsp3) is 0.364. The van der Waals surface area contributed by atoms with Gasteiger partial charge in [0.25, 0.3) is 11.1 Å². The molecule has 7 aromatic rings. The Labute approximate surface area is 367 Å². The van der Waals surface area contributed by atoms with Crippen molar-refractivity contribution in [2.24, 2.45) is 14.1 Å². The van der Waals surface area contributed by atoms with Crippen molar-refractivity contribution >= 4 is 22.1 Å². The van der Waals surface area contributed by atoms with Crippen LogP contribution in [-0.2, 0) is 53.1 Å². The minimum absolute atomic E-state index is 0.0374. The Balaban J connectivity index is 1.11. The molecule has 2 aliphatic rings. The predicted octanol–water partition coefficient (Wildman–Crippen LogP) is 1.06. The molecule has 0 bridgehead atoms. The van der Waals surface area contributed by atoms with Gasteiger partial charge in [0.05, 0.1) is 69.6 Å². The normalized spacial score (nSPS) is 15.4. The molecular formula is C44H46N10O11. The van der Waals surface area contributed by atoms with Crippen LogP contribution in [0.4, 0.5) is 0 Å². The summed E-state index contributed by atoms with van der Waals surface area (Å²) in [6.07, 6.45) is 1.64. The molecule has 2 atom stereocenters. The summed E-state index contributed by atoms with van der Waals surface area (Å²) in [4.78, 5) is 93.9. The van der Waals surface area contributed by atoms with Crippen molar-refractivity contribution in [1.82, 2.24) is 47.0 Å². The van der Waals surface area contributed by atoms with Crippen LogP contribution in [0.2, 0.25) is 0 Å². The molecule has 0 saturated carbocycles. The minimum atomic E-state index is -0.943. The zero-order valence-corrected chi connectivity index (χ0v) is 36.9. The highest BCUT2D eigenvalue weighted by molar-refractivity contribution is 5.80. The maximum atomic E-state index is 14.6. The highest BCUT2D eigenvalue weighted by Crippen LogP contribution is 2.40. The zero-order valence-electron chi connectivity index (χ0n) is 36.9. The lowest BCUT2D eigenvalue weighted by Gasteiger charge is -2.38. The van der Waals surface area contributed by atoms with E-state index in [1.54, 1.807) is 70.4 Å². The van der Waals surface area contributed by atoms with Crippen LogP contribution < -0.4 is 52.8 Å². The molecule has 4 aromatic heterocycles. The Hall–Kier alpha value is -7.84.